The number of aromatic amines is 1. The van der Waals surface area contributed by atoms with E-state index in [2.05, 4.69) is 15.6 Å². The van der Waals surface area contributed by atoms with Crippen LogP contribution in [0, 0.1) is 13.8 Å². The summed E-state index contributed by atoms with van der Waals surface area (Å²) < 4.78 is 23.4. The summed E-state index contributed by atoms with van der Waals surface area (Å²) in [4.78, 5) is 39.0. The number of hydrogen-bond acceptors (Lipinski definition) is 7. The van der Waals surface area contributed by atoms with Gasteiger partial charge in [0.25, 0.3) is 17.3 Å². The van der Waals surface area contributed by atoms with Crippen molar-refractivity contribution in [3.63, 3.8) is 0 Å². The lowest BCUT2D eigenvalue weighted by Gasteiger charge is -2.37. The Kier molecular flexibility index (Phi) is 7.05. The number of carbonyl (C=O) groups is 2. The Labute approximate surface area is 212 Å². The summed E-state index contributed by atoms with van der Waals surface area (Å²) in [5.41, 5.74) is 1.37. The van der Waals surface area contributed by atoms with Crippen LogP contribution in [0.5, 0.6) is 17.2 Å². The Balaban J connectivity index is 1.50. The third kappa shape index (κ3) is 4.93. The van der Waals surface area contributed by atoms with Crippen molar-refractivity contribution in [1.82, 2.24) is 15.6 Å². The maximum absolute atomic E-state index is 13.1. The minimum Gasteiger partial charge on any atom is -0.496 e. The van der Waals surface area contributed by atoms with Crippen molar-refractivity contribution in [2.75, 3.05) is 13.7 Å². The van der Waals surface area contributed by atoms with Gasteiger partial charge < -0.3 is 39.7 Å². The minimum absolute atomic E-state index is 0.0533. The van der Waals surface area contributed by atoms with E-state index < -0.39 is 23.9 Å². The standard InChI is InChI=1S/C24H28ClN3O8/c1-11-7-17(33-4)15(22(30)27-11)9-26-21(29)14-8-16(25)20-19(12(14)2)35-24(3,36-20)18-6-5-13(10-34-18)28-23(31)32/h7-8,13,18,28H,5-6,9-10H2,1-4H3,(H,26,29)(H,27,30)(H,31,32)/t13-,18+,24?/m1/s1. The summed E-state index contributed by atoms with van der Waals surface area (Å²) in [6, 6.07) is 2.86. The number of nitrogens with one attached hydrogen (secondary N) is 3. The molecule has 2 aromatic rings. The van der Waals surface area contributed by atoms with E-state index in [9.17, 15) is 14.4 Å². The highest BCUT2D eigenvalue weighted by Crippen LogP contribution is 2.49. The number of rotatable bonds is 6. The second kappa shape index (κ2) is 9.90. The second-order valence-corrected chi connectivity index (χ2v) is 9.37. The molecule has 4 rings (SSSR count). The maximum atomic E-state index is 13.1. The summed E-state index contributed by atoms with van der Waals surface area (Å²) in [5.74, 6) is -0.647. The van der Waals surface area contributed by atoms with E-state index in [4.69, 9.17) is 35.7 Å². The molecule has 2 amide bonds. The van der Waals surface area contributed by atoms with Crippen molar-refractivity contribution in [2.24, 2.45) is 0 Å². The quantitative estimate of drug-likeness (QED) is 0.453. The molecular formula is C24H28ClN3O8. The SMILES string of the molecule is COc1cc(C)[nH]c(=O)c1CNC(=O)c1cc(Cl)c2c(c1C)OC(C)([C@@H]1CC[C@@H](NC(=O)O)CO1)O2. The highest BCUT2D eigenvalue weighted by atomic mass is 35.5. The fraction of sp³-hybridized carbons (Fsp3) is 0.458. The summed E-state index contributed by atoms with van der Waals surface area (Å²) in [6.07, 6.45) is -0.540. The maximum Gasteiger partial charge on any atom is 0.404 e. The predicted octanol–water partition coefficient (Wildman–Crippen LogP) is 2.89. The normalized spacial score (nSPS) is 22.7. The zero-order valence-corrected chi connectivity index (χ0v) is 21.1. The number of benzene rings is 1. The number of carboxylic acid groups (broad SMARTS) is 1. The van der Waals surface area contributed by atoms with Crippen molar-refractivity contribution >= 4 is 23.6 Å². The molecule has 12 heteroatoms. The van der Waals surface area contributed by atoms with Crippen LogP contribution in [0.2, 0.25) is 5.02 Å². The first-order chi connectivity index (χ1) is 17.0. The number of aromatic nitrogens is 1. The molecule has 1 fully saturated rings. The van der Waals surface area contributed by atoms with Crippen LogP contribution in [0.15, 0.2) is 16.9 Å². The lowest BCUT2D eigenvalue weighted by atomic mass is 9.99. The van der Waals surface area contributed by atoms with Gasteiger partial charge in [-0.15, -0.1) is 0 Å². The summed E-state index contributed by atoms with van der Waals surface area (Å²) >= 11 is 6.47. The van der Waals surface area contributed by atoms with E-state index >= 15 is 0 Å². The van der Waals surface area contributed by atoms with E-state index in [0.717, 1.165) is 0 Å². The smallest absolute Gasteiger partial charge is 0.404 e. The first kappa shape index (κ1) is 25.6. The molecule has 0 bridgehead atoms. The van der Waals surface area contributed by atoms with Crippen LogP contribution in [0.4, 0.5) is 4.79 Å². The van der Waals surface area contributed by atoms with Gasteiger partial charge in [0.15, 0.2) is 11.5 Å². The number of halogens is 1. The van der Waals surface area contributed by atoms with Gasteiger partial charge in [0.05, 0.1) is 36.9 Å². The molecule has 36 heavy (non-hydrogen) atoms. The zero-order chi connectivity index (χ0) is 26.2. The lowest BCUT2D eigenvalue weighted by molar-refractivity contribution is -0.185. The van der Waals surface area contributed by atoms with Gasteiger partial charge in [-0.2, -0.15) is 0 Å². The minimum atomic E-state index is -1.21. The zero-order valence-electron chi connectivity index (χ0n) is 20.3. The molecule has 3 heterocycles. The first-order valence-electron chi connectivity index (χ1n) is 11.4. The van der Waals surface area contributed by atoms with Crippen LogP contribution in [0.25, 0.3) is 0 Å². The summed E-state index contributed by atoms with van der Waals surface area (Å²) in [7, 11) is 1.46. The average molecular weight is 522 g/mol. The van der Waals surface area contributed by atoms with Crippen LogP contribution < -0.4 is 30.4 Å². The number of methoxy groups -OCH3 is 1. The molecule has 2 aliphatic heterocycles. The van der Waals surface area contributed by atoms with Crippen molar-refractivity contribution in [2.45, 2.75) is 58.1 Å². The summed E-state index contributed by atoms with van der Waals surface area (Å²) in [5, 5.41) is 14.3. The summed E-state index contributed by atoms with van der Waals surface area (Å²) in [6.45, 7) is 5.29. The van der Waals surface area contributed by atoms with E-state index in [1.165, 1.54) is 13.2 Å². The third-order valence-electron chi connectivity index (χ3n) is 6.36. The Morgan fingerprint density at radius 3 is 2.61 bits per heavy atom. The van der Waals surface area contributed by atoms with Crippen LogP contribution >= 0.6 is 11.6 Å². The largest absolute Gasteiger partial charge is 0.496 e. The van der Waals surface area contributed by atoms with Gasteiger partial charge in [-0.3, -0.25) is 9.59 Å². The number of hydrogen-bond donors (Lipinski definition) is 4. The van der Waals surface area contributed by atoms with Crippen molar-refractivity contribution in [3.8, 4) is 17.2 Å². The van der Waals surface area contributed by atoms with E-state index in [0.29, 0.717) is 46.9 Å². The third-order valence-corrected chi connectivity index (χ3v) is 6.64. The van der Waals surface area contributed by atoms with Crippen molar-refractivity contribution < 1.29 is 33.6 Å². The molecule has 3 atom stereocenters. The predicted molar refractivity (Wildman–Crippen MR) is 129 cm³/mol. The number of carbonyl (C=O) groups excluding carboxylic acids is 1. The topological polar surface area (TPSA) is 148 Å². The van der Waals surface area contributed by atoms with E-state index in [1.54, 1.807) is 26.8 Å². The molecule has 0 saturated carbocycles. The molecule has 0 spiro atoms. The van der Waals surface area contributed by atoms with Crippen LogP contribution in [0.3, 0.4) is 0 Å². The molecular weight excluding hydrogens is 494 g/mol. The number of aryl methyl sites for hydroxylation is 1. The number of H-pyrrole nitrogens is 1. The van der Waals surface area contributed by atoms with Gasteiger partial charge in [0.1, 0.15) is 11.9 Å². The molecule has 1 aromatic carbocycles. The second-order valence-electron chi connectivity index (χ2n) is 8.97. The Morgan fingerprint density at radius 1 is 1.25 bits per heavy atom. The van der Waals surface area contributed by atoms with Gasteiger partial charge in [-0.05, 0) is 38.8 Å². The number of pyridine rings is 1. The van der Waals surface area contributed by atoms with Gasteiger partial charge >= 0.3 is 6.09 Å². The van der Waals surface area contributed by atoms with Gasteiger partial charge in [0.2, 0.25) is 0 Å². The average Bonchev–Trinajstić information content (AvgIpc) is 3.20. The van der Waals surface area contributed by atoms with E-state index in [-0.39, 0.29) is 35.3 Å². The molecule has 4 N–H and O–H groups in total. The number of amides is 2. The van der Waals surface area contributed by atoms with E-state index in [1.807, 2.05) is 0 Å². The molecule has 2 aliphatic rings. The molecule has 1 unspecified atom stereocenters. The van der Waals surface area contributed by atoms with Crippen molar-refractivity contribution in [3.05, 3.63) is 49.9 Å². The van der Waals surface area contributed by atoms with Crippen LogP contribution in [-0.2, 0) is 11.3 Å². The van der Waals surface area contributed by atoms with Gasteiger partial charge in [-0.1, -0.05) is 11.6 Å². The van der Waals surface area contributed by atoms with Crippen LogP contribution in [0.1, 0.15) is 46.9 Å². The monoisotopic (exact) mass is 521 g/mol. The number of fused-ring (bicyclic) bond motifs is 1. The molecule has 11 nitrogen and oxygen atoms in total. The van der Waals surface area contributed by atoms with Crippen LogP contribution in [-0.4, -0.2) is 53.7 Å². The fourth-order valence-electron chi connectivity index (χ4n) is 4.47. The highest BCUT2D eigenvalue weighted by Gasteiger charge is 2.48. The Bertz CT molecular complexity index is 1250. The molecule has 0 radical (unpaired) electrons. The first-order valence-corrected chi connectivity index (χ1v) is 11.8. The molecule has 0 aliphatic carbocycles. The van der Waals surface area contributed by atoms with Gasteiger partial charge in [0, 0.05) is 23.7 Å². The highest BCUT2D eigenvalue weighted by molar-refractivity contribution is 6.33. The number of ether oxygens (including phenoxy) is 4. The molecule has 1 saturated heterocycles. The molecule has 1 aromatic heterocycles. The van der Waals surface area contributed by atoms with Crippen molar-refractivity contribution in [1.29, 1.82) is 0 Å². The Hall–Kier alpha value is -3.44. The Morgan fingerprint density at radius 2 is 1.97 bits per heavy atom. The lowest BCUT2D eigenvalue weighted by Crippen LogP contribution is -2.53. The fourth-order valence-corrected chi connectivity index (χ4v) is 4.70. The van der Waals surface area contributed by atoms with Gasteiger partial charge in [-0.25, -0.2) is 4.79 Å². The molecule has 194 valence electrons.